The van der Waals surface area contributed by atoms with Gasteiger partial charge in [0.25, 0.3) is 0 Å². The Morgan fingerprint density at radius 3 is 2.33 bits per heavy atom. The number of esters is 1. The smallest absolute Gasteiger partial charge is 0.306 e. The largest absolute Gasteiger partial charge is 0.469 e. The van der Waals surface area contributed by atoms with Gasteiger partial charge in [-0.05, 0) is 25.7 Å². The van der Waals surface area contributed by atoms with Crippen molar-refractivity contribution in [3.8, 4) is 0 Å². The highest BCUT2D eigenvalue weighted by Crippen LogP contribution is 2.04. The number of thioether (sulfide) groups is 1. The Morgan fingerprint density at radius 2 is 1.67 bits per heavy atom. The van der Waals surface area contributed by atoms with Crippen LogP contribution in [0.2, 0.25) is 0 Å². The van der Waals surface area contributed by atoms with Crippen LogP contribution in [-0.4, -0.2) is 24.6 Å². The molecular weight excluding hydrogens is 280 g/mol. The zero-order valence-electron chi connectivity index (χ0n) is 13.6. The molecule has 0 aromatic heterocycles. The van der Waals surface area contributed by atoms with Crippen LogP contribution in [0.25, 0.3) is 0 Å². The Hall–Kier alpha value is -0.960. The van der Waals surface area contributed by atoms with Crippen molar-refractivity contribution in [2.24, 2.45) is 0 Å². The van der Waals surface area contributed by atoms with Crippen LogP contribution in [0.1, 0.15) is 51.9 Å². The number of unbranched alkanes of at least 4 members (excludes halogenated alkanes) is 3. The van der Waals surface area contributed by atoms with E-state index >= 15 is 0 Å². The lowest BCUT2D eigenvalue weighted by Crippen LogP contribution is -2.01. The van der Waals surface area contributed by atoms with Gasteiger partial charge in [0.2, 0.25) is 0 Å². The lowest BCUT2D eigenvalue weighted by Gasteiger charge is -1.96. The lowest BCUT2D eigenvalue weighted by molar-refractivity contribution is -0.140. The van der Waals surface area contributed by atoms with Crippen LogP contribution in [0, 0.1) is 0 Å². The first-order valence-corrected chi connectivity index (χ1v) is 9.06. The molecule has 0 unspecified atom stereocenters. The third kappa shape index (κ3) is 17.0. The molecule has 3 heteroatoms. The first-order chi connectivity index (χ1) is 10.3. The first kappa shape index (κ1) is 20.0. The number of hydrogen-bond acceptors (Lipinski definition) is 3. The Balaban J connectivity index is 3.34. The first-order valence-electron chi connectivity index (χ1n) is 7.90. The number of rotatable bonds is 13. The van der Waals surface area contributed by atoms with Crippen molar-refractivity contribution >= 4 is 17.7 Å². The molecule has 21 heavy (non-hydrogen) atoms. The molecule has 0 aliphatic carbocycles. The third-order valence-corrected chi connectivity index (χ3v) is 3.83. The predicted octanol–water partition coefficient (Wildman–Crippen LogP) is 5.31. The molecule has 0 heterocycles. The molecule has 0 spiro atoms. The number of carbonyl (C=O) groups excluding carboxylic acids is 1. The highest BCUT2D eigenvalue weighted by molar-refractivity contribution is 7.99. The van der Waals surface area contributed by atoms with Gasteiger partial charge in [-0.3, -0.25) is 4.79 Å². The summed E-state index contributed by atoms with van der Waals surface area (Å²) in [4.78, 5) is 10.9. The molecule has 0 fully saturated rings. The van der Waals surface area contributed by atoms with E-state index in [1.54, 1.807) is 11.8 Å². The maximum atomic E-state index is 10.9. The van der Waals surface area contributed by atoms with Crippen LogP contribution in [0.3, 0.4) is 0 Å². The van der Waals surface area contributed by atoms with Crippen LogP contribution in [0.5, 0.6) is 0 Å². The van der Waals surface area contributed by atoms with Crippen LogP contribution in [-0.2, 0) is 9.53 Å². The van der Waals surface area contributed by atoms with Gasteiger partial charge < -0.3 is 4.74 Å². The van der Waals surface area contributed by atoms with E-state index in [0.29, 0.717) is 6.42 Å². The van der Waals surface area contributed by atoms with E-state index in [0.717, 1.165) is 24.3 Å². The Labute approximate surface area is 134 Å². The second-order valence-electron chi connectivity index (χ2n) is 4.78. The highest BCUT2D eigenvalue weighted by Gasteiger charge is 1.97. The van der Waals surface area contributed by atoms with Crippen LogP contribution >= 0.6 is 11.8 Å². The standard InChI is InChI=1S/C18H30O2S/c1-3-4-5-6-7-8-9-10-11-12-13-14-16-21-17-15-18(19)20-2/h7-8,10-11,13-14H,3-6,9,12,15-17H2,1-2H3/b8-7-,11-10-,14-13-. The molecule has 0 amide bonds. The van der Waals surface area contributed by atoms with Gasteiger partial charge in [-0.1, -0.05) is 56.2 Å². The molecular formula is C18H30O2S. The summed E-state index contributed by atoms with van der Waals surface area (Å²) >= 11 is 1.76. The Bertz CT molecular complexity index is 319. The van der Waals surface area contributed by atoms with Crippen molar-refractivity contribution in [3.63, 3.8) is 0 Å². The zero-order chi connectivity index (χ0) is 15.6. The van der Waals surface area contributed by atoms with E-state index in [1.807, 2.05) is 0 Å². The van der Waals surface area contributed by atoms with E-state index < -0.39 is 0 Å². The molecule has 120 valence electrons. The average Bonchev–Trinajstić information content (AvgIpc) is 2.50. The lowest BCUT2D eigenvalue weighted by atomic mass is 10.2. The van der Waals surface area contributed by atoms with Crippen LogP contribution in [0.4, 0.5) is 0 Å². The fourth-order valence-corrected chi connectivity index (χ4v) is 2.40. The highest BCUT2D eigenvalue weighted by atomic mass is 32.2. The second kappa shape index (κ2) is 17.1. The number of methoxy groups -OCH3 is 1. The maximum Gasteiger partial charge on any atom is 0.306 e. The number of hydrogen-bond donors (Lipinski definition) is 0. The number of ether oxygens (including phenoxy) is 1. The van der Waals surface area contributed by atoms with Gasteiger partial charge in [-0.2, -0.15) is 11.8 Å². The predicted molar refractivity (Wildman–Crippen MR) is 94.8 cm³/mol. The molecule has 0 aliphatic rings. The average molecular weight is 311 g/mol. The van der Waals surface area contributed by atoms with E-state index in [9.17, 15) is 4.79 Å². The number of carbonyl (C=O) groups is 1. The van der Waals surface area contributed by atoms with Crippen molar-refractivity contribution < 1.29 is 9.53 Å². The van der Waals surface area contributed by atoms with E-state index in [1.165, 1.54) is 32.8 Å². The summed E-state index contributed by atoms with van der Waals surface area (Å²) in [7, 11) is 1.43. The van der Waals surface area contributed by atoms with Crippen molar-refractivity contribution in [3.05, 3.63) is 36.5 Å². The second-order valence-corrected chi connectivity index (χ2v) is 5.93. The molecule has 0 saturated carbocycles. The molecule has 2 nitrogen and oxygen atoms in total. The summed E-state index contributed by atoms with van der Waals surface area (Å²) < 4.78 is 4.58. The molecule has 0 aromatic carbocycles. The minimum Gasteiger partial charge on any atom is -0.469 e. The van der Waals surface area contributed by atoms with E-state index in [4.69, 9.17) is 0 Å². The van der Waals surface area contributed by atoms with E-state index in [-0.39, 0.29) is 5.97 Å². The Morgan fingerprint density at radius 1 is 1.00 bits per heavy atom. The minimum absolute atomic E-state index is 0.128. The van der Waals surface area contributed by atoms with Crippen molar-refractivity contribution in [2.45, 2.75) is 51.9 Å². The van der Waals surface area contributed by atoms with Crippen molar-refractivity contribution in [1.82, 2.24) is 0 Å². The summed E-state index contributed by atoms with van der Waals surface area (Å²) in [6.45, 7) is 2.23. The van der Waals surface area contributed by atoms with Crippen LogP contribution < -0.4 is 0 Å². The molecule has 0 N–H and O–H groups in total. The van der Waals surface area contributed by atoms with Crippen molar-refractivity contribution in [1.29, 1.82) is 0 Å². The summed E-state index contributed by atoms with van der Waals surface area (Å²) in [5.41, 5.74) is 0. The summed E-state index contributed by atoms with van der Waals surface area (Å²) in [5, 5.41) is 0. The Kier molecular flexibility index (Phi) is 16.3. The molecule has 0 rings (SSSR count). The third-order valence-electron chi connectivity index (χ3n) is 2.91. The maximum absolute atomic E-state index is 10.9. The van der Waals surface area contributed by atoms with Gasteiger partial charge in [-0.25, -0.2) is 0 Å². The molecule has 0 atom stereocenters. The zero-order valence-corrected chi connectivity index (χ0v) is 14.4. The van der Waals surface area contributed by atoms with Gasteiger partial charge in [0, 0.05) is 11.5 Å². The summed E-state index contributed by atoms with van der Waals surface area (Å²) in [6, 6.07) is 0. The number of allylic oxidation sites excluding steroid dienone is 5. The topological polar surface area (TPSA) is 26.3 Å². The van der Waals surface area contributed by atoms with Gasteiger partial charge >= 0.3 is 5.97 Å². The quantitative estimate of drug-likeness (QED) is 0.262. The summed E-state index contributed by atoms with van der Waals surface area (Å²) in [6.07, 6.45) is 21.0. The van der Waals surface area contributed by atoms with Gasteiger partial charge in [-0.15, -0.1) is 0 Å². The van der Waals surface area contributed by atoms with Gasteiger partial charge in [0.15, 0.2) is 0 Å². The van der Waals surface area contributed by atoms with Gasteiger partial charge in [0.1, 0.15) is 0 Å². The molecule has 0 aromatic rings. The molecule has 0 aliphatic heterocycles. The summed E-state index contributed by atoms with van der Waals surface area (Å²) in [5.74, 6) is 1.66. The monoisotopic (exact) mass is 310 g/mol. The fraction of sp³-hybridized carbons (Fsp3) is 0.611. The van der Waals surface area contributed by atoms with Gasteiger partial charge in [0.05, 0.1) is 13.5 Å². The van der Waals surface area contributed by atoms with Crippen molar-refractivity contribution in [2.75, 3.05) is 18.6 Å². The normalized spacial score (nSPS) is 11.9. The fourth-order valence-electron chi connectivity index (χ4n) is 1.65. The molecule has 0 saturated heterocycles. The van der Waals surface area contributed by atoms with E-state index in [2.05, 4.69) is 48.1 Å². The SMILES string of the molecule is CCCCC/C=C\C/C=C\C/C=C\CSCCC(=O)OC. The molecule has 0 bridgehead atoms. The molecule has 0 radical (unpaired) electrons. The minimum atomic E-state index is -0.128. The van der Waals surface area contributed by atoms with Crippen LogP contribution in [0.15, 0.2) is 36.5 Å².